The molecule has 1 atom stereocenters. The van der Waals surface area contributed by atoms with E-state index in [1.165, 1.54) is 20.0 Å². The summed E-state index contributed by atoms with van der Waals surface area (Å²) in [4.78, 5) is 24.0. The molecule has 0 bridgehead atoms. The van der Waals surface area contributed by atoms with E-state index in [9.17, 15) is 9.59 Å². The lowest BCUT2D eigenvalue weighted by atomic mass is 10.1. The van der Waals surface area contributed by atoms with Gasteiger partial charge in [0.2, 0.25) is 5.91 Å². The van der Waals surface area contributed by atoms with Crippen LogP contribution in [0.2, 0.25) is 0 Å². The molecule has 118 valence electrons. The Hall–Kier alpha value is -2.02. The molecule has 1 amide bonds. The predicted molar refractivity (Wildman–Crippen MR) is 84.0 cm³/mol. The highest BCUT2D eigenvalue weighted by atomic mass is 79.9. The molecule has 7 heteroatoms. The molecule has 1 unspecified atom stereocenters. The van der Waals surface area contributed by atoms with Crippen molar-refractivity contribution in [3.05, 3.63) is 28.2 Å². The molecule has 0 saturated carbocycles. The number of halogens is 1. The number of carbonyl (C=O) groups excluding carboxylic acids is 1. The fourth-order valence-corrected chi connectivity index (χ4v) is 2.44. The minimum absolute atomic E-state index is 0.388. The van der Waals surface area contributed by atoms with Gasteiger partial charge < -0.3 is 19.5 Å². The summed E-state index contributed by atoms with van der Waals surface area (Å²) in [5.41, 5.74) is 0.751. The molecule has 0 spiro atoms. The van der Waals surface area contributed by atoms with Crippen LogP contribution < -0.4 is 9.47 Å². The summed E-state index contributed by atoms with van der Waals surface area (Å²) < 4.78 is 11.7. The fraction of sp³-hybridized carbons (Fsp3) is 0.333. The van der Waals surface area contributed by atoms with E-state index in [1.54, 1.807) is 18.2 Å². The Kier molecular flexibility index (Phi) is 5.07. The van der Waals surface area contributed by atoms with Crippen LogP contribution in [0.5, 0.6) is 11.5 Å². The van der Waals surface area contributed by atoms with Gasteiger partial charge in [-0.15, -0.1) is 0 Å². The number of benzene rings is 1. The Morgan fingerprint density at radius 1 is 1.36 bits per heavy atom. The van der Waals surface area contributed by atoms with Crippen LogP contribution in [0.4, 0.5) is 0 Å². The number of hydrogen-bond donors (Lipinski definition) is 1. The predicted octanol–water partition coefficient (Wildman–Crippen LogP) is 2.17. The number of amides is 1. The molecule has 2 rings (SSSR count). The number of ether oxygens (including phenoxy) is 2. The Balaban J connectivity index is 2.15. The van der Waals surface area contributed by atoms with Gasteiger partial charge in [0, 0.05) is 13.1 Å². The Bertz CT molecular complexity index is 629. The number of carboxylic acid groups (broad SMARTS) is 1. The molecule has 0 fully saturated rings. The number of hydrogen-bond acceptors (Lipinski definition) is 4. The molecule has 1 heterocycles. The zero-order valence-electron chi connectivity index (χ0n) is 12.2. The van der Waals surface area contributed by atoms with Crippen LogP contribution in [-0.2, 0) is 9.59 Å². The summed E-state index contributed by atoms with van der Waals surface area (Å²) >= 11 is 3.40. The van der Waals surface area contributed by atoms with Gasteiger partial charge in [0.1, 0.15) is 19.3 Å². The summed E-state index contributed by atoms with van der Waals surface area (Å²) in [7, 11) is 1.45. The first-order valence-electron chi connectivity index (χ1n) is 6.67. The average molecular weight is 370 g/mol. The van der Waals surface area contributed by atoms with Gasteiger partial charge in [-0.2, -0.15) is 0 Å². The molecule has 0 radical (unpaired) electrons. The molecule has 0 aliphatic carbocycles. The van der Waals surface area contributed by atoms with Gasteiger partial charge in [-0.3, -0.25) is 4.79 Å². The van der Waals surface area contributed by atoms with Crippen LogP contribution in [0.3, 0.4) is 0 Å². The summed E-state index contributed by atoms with van der Waals surface area (Å²) in [5, 5.41) is 8.90. The van der Waals surface area contributed by atoms with Gasteiger partial charge in [0.25, 0.3) is 0 Å². The van der Waals surface area contributed by atoms with Crippen molar-refractivity contribution in [3.63, 3.8) is 0 Å². The first kappa shape index (κ1) is 16.4. The maximum atomic E-state index is 11.9. The molecule has 6 nitrogen and oxygen atoms in total. The molecule has 0 saturated heterocycles. The Morgan fingerprint density at radius 3 is 2.73 bits per heavy atom. The van der Waals surface area contributed by atoms with Gasteiger partial charge >= 0.3 is 5.97 Å². The second kappa shape index (κ2) is 6.83. The molecule has 1 N–H and O–H groups in total. The van der Waals surface area contributed by atoms with Crippen molar-refractivity contribution in [1.82, 2.24) is 4.90 Å². The maximum Gasteiger partial charge on any atom is 0.326 e. The van der Waals surface area contributed by atoms with E-state index in [4.69, 9.17) is 14.6 Å². The van der Waals surface area contributed by atoms with Gasteiger partial charge in [-0.05, 0) is 46.6 Å². The third-order valence-electron chi connectivity index (χ3n) is 3.32. The minimum Gasteiger partial charge on any atom is -0.486 e. The van der Waals surface area contributed by atoms with E-state index in [0.717, 1.165) is 14.9 Å². The van der Waals surface area contributed by atoms with Crippen molar-refractivity contribution < 1.29 is 24.2 Å². The smallest absolute Gasteiger partial charge is 0.326 e. The highest BCUT2D eigenvalue weighted by Crippen LogP contribution is 2.38. The fourth-order valence-electron chi connectivity index (χ4n) is 1.87. The number of carboxylic acids is 1. The summed E-state index contributed by atoms with van der Waals surface area (Å²) in [6, 6.07) is 2.69. The SMILES string of the molecule is CC(C(=O)O)N(C)C(=O)C=Cc1cc(Br)c2c(c1)OCCO2. The van der Waals surface area contributed by atoms with Crippen molar-refractivity contribution >= 4 is 33.9 Å². The van der Waals surface area contributed by atoms with Crippen LogP contribution >= 0.6 is 15.9 Å². The summed E-state index contributed by atoms with van der Waals surface area (Å²) in [6.45, 7) is 2.43. The molecular weight excluding hydrogens is 354 g/mol. The van der Waals surface area contributed by atoms with Crippen molar-refractivity contribution in [2.45, 2.75) is 13.0 Å². The highest BCUT2D eigenvalue weighted by molar-refractivity contribution is 9.10. The minimum atomic E-state index is -1.05. The molecule has 1 aromatic rings. The number of aliphatic carboxylic acids is 1. The topological polar surface area (TPSA) is 76.1 Å². The van der Waals surface area contributed by atoms with Gasteiger partial charge in [0.05, 0.1) is 4.47 Å². The van der Waals surface area contributed by atoms with Gasteiger partial charge in [-0.25, -0.2) is 4.79 Å². The maximum absolute atomic E-state index is 11.9. The Morgan fingerprint density at radius 2 is 2.05 bits per heavy atom. The van der Waals surface area contributed by atoms with Crippen LogP contribution in [0.1, 0.15) is 12.5 Å². The summed E-state index contributed by atoms with van der Waals surface area (Å²) in [5.74, 6) is -0.182. The molecule has 0 aromatic heterocycles. The molecule has 22 heavy (non-hydrogen) atoms. The van der Waals surface area contributed by atoms with Crippen LogP contribution in [0, 0.1) is 0 Å². The second-order valence-corrected chi connectivity index (χ2v) is 5.68. The van der Waals surface area contributed by atoms with Gasteiger partial charge in [-0.1, -0.05) is 0 Å². The number of likely N-dealkylation sites (N-methyl/N-ethyl adjacent to an activating group) is 1. The highest BCUT2D eigenvalue weighted by Gasteiger charge is 2.20. The van der Waals surface area contributed by atoms with Crippen molar-refractivity contribution in [1.29, 1.82) is 0 Å². The number of nitrogens with zero attached hydrogens (tertiary/aromatic N) is 1. The molecule has 1 aliphatic heterocycles. The Labute approximate surface area is 136 Å². The van der Waals surface area contributed by atoms with E-state index in [1.807, 2.05) is 0 Å². The van der Waals surface area contributed by atoms with E-state index in [2.05, 4.69) is 15.9 Å². The first-order valence-corrected chi connectivity index (χ1v) is 7.46. The lowest BCUT2D eigenvalue weighted by Crippen LogP contribution is -2.39. The molecule has 1 aliphatic rings. The molecular formula is C15H16BrNO5. The van der Waals surface area contributed by atoms with Crippen LogP contribution in [0.25, 0.3) is 6.08 Å². The van der Waals surface area contributed by atoms with Crippen molar-refractivity contribution in [2.75, 3.05) is 20.3 Å². The third-order valence-corrected chi connectivity index (χ3v) is 3.91. The second-order valence-electron chi connectivity index (χ2n) is 4.82. The number of carbonyl (C=O) groups is 2. The van der Waals surface area contributed by atoms with E-state index in [0.29, 0.717) is 24.7 Å². The largest absolute Gasteiger partial charge is 0.486 e. The number of fused-ring (bicyclic) bond motifs is 1. The van der Waals surface area contributed by atoms with Crippen LogP contribution in [0.15, 0.2) is 22.7 Å². The first-order chi connectivity index (χ1) is 10.4. The normalized spacial score (nSPS) is 14.7. The quantitative estimate of drug-likeness (QED) is 0.823. The van der Waals surface area contributed by atoms with Crippen LogP contribution in [-0.4, -0.2) is 48.2 Å². The van der Waals surface area contributed by atoms with Crippen molar-refractivity contribution in [2.24, 2.45) is 0 Å². The van der Waals surface area contributed by atoms with E-state index >= 15 is 0 Å². The molecule has 1 aromatic carbocycles. The monoisotopic (exact) mass is 369 g/mol. The standard InChI is InChI=1S/C15H16BrNO5/c1-9(15(19)20)17(2)13(18)4-3-10-7-11(16)14-12(8-10)21-5-6-22-14/h3-4,7-9H,5-6H2,1-2H3,(H,19,20). The lowest BCUT2D eigenvalue weighted by Gasteiger charge is -2.20. The lowest BCUT2D eigenvalue weighted by molar-refractivity contribution is -0.146. The summed E-state index contributed by atoms with van der Waals surface area (Å²) in [6.07, 6.45) is 2.94. The zero-order valence-corrected chi connectivity index (χ0v) is 13.8. The zero-order chi connectivity index (χ0) is 16.3. The average Bonchev–Trinajstić information content (AvgIpc) is 2.51. The number of rotatable bonds is 4. The van der Waals surface area contributed by atoms with E-state index < -0.39 is 12.0 Å². The third kappa shape index (κ3) is 3.59. The van der Waals surface area contributed by atoms with Crippen molar-refractivity contribution in [3.8, 4) is 11.5 Å². The van der Waals surface area contributed by atoms with E-state index in [-0.39, 0.29) is 5.91 Å². The van der Waals surface area contributed by atoms with Gasteiger partial charge in [0.15, 0.2) is 11.5 Å².